The molecule has 3 rings (SSSR count). The average Bonchev–Trinajstić information content (AvgIpc) is 2.94. The van der Waals surface area contributed by atoms with E-state index in [0.29, 0.717) is 6.54 Å². The zero-order valence-electron chi connectivity index (χ0n) is 9.53. The van der Waals surface area contributed by atoms with E-state index < -0.39 is 0 Å². The molecule has 86 valence electrons. The highest BCUT2D eigenvalue weighted by Gasteiger charge is 2.02. The summed E-state index contributed by atoms with van der Waals surface area (Å²) in [6.07, 6.45) is 3.53. The van der Waals surface area contributed by atoms with Gasteiger partial charge in [-0.15, -0.1) is 0 Å². The molecule has 0 atom stereocenters. The van der Waals surface area contributed by atoms with E-state index >= 15 is 0 Å². The number of aromatic amines is 1. The van der Waals surface area contributed by atoms with Gasteiger partial charge in [0.15, 0.2) is 0 Å². The van der Waals surface area contributed by atoms with Gasteiger partial charge >= 0.3 is 0 Å². The molecule has 0 unspecified atom stereocenters. The highest BCUT2D eigenvalue weighted by atomic mass is 16.3. The van der Waals surface area contributed by atoms with Gasteiger partial charge in [0.1, 0.15) is 5.76 Å². The van der Waals surface area contributed by atoms with E-state index in [0.717, 1.165) is 22.4 Å². The first-order valence-corrected chi connectivity index (χ1v) is 5.53. The molecule has 0 aliphatic carbocycles. The molecule has 0 radical (unpaired) electrons. The maximum Gasteiger partial charge on any atom is 0.125 e. The van der Waals surface area contributed by atoms with Crippen molar-refractivity contribution in [2.75, 3.05) is 5.32 Å². The predicted molar refractivity (Wildman–Crippen MR) is 66.9 cm³/mol. The Morgan fingerprint density at radius 2 is 2.29 bits per heavy atom. The second-order valence-corrected chi connectivity index (χ2v) is 4.05. The Morgan fingerprint density at radius 1 is 1.35 bits per heavy atom. The van der Waals surface area contributed by atoms with E-state index in [2.05, 4.69) is 15.5 Å². The number of furan rings is 1. The lowest BCUT2D eigenvalue weighted by atomic mass is 10.2. The Bertz CT molecular complexity index is 639. The van der Waals surface area contributed by atoms with E-state index in [4.69, 9.17) is 4.42 Å². The number of aryl methyl sites for hydroxylation is 1. The third-order valence-electron chi connectivity index (χ3n) is 2.86. The van der Waals surface area contributed by atoms with E-state index in [1.165, 1.54) is 5.56 Å². The summed E-state index contributed by atoms with van der Waals surface area (Å²) in [4.78, 5) is 0. The van der Waals surface area contributed by atoms with Gasteiger partial charge < -0.3 is 9.73 Å². The number of hydrogen-bond donors (Lipinski definition) is 2. The zero-order chi connectivity index (χ0) is 11.7. The van der Waals surface area contributed by atoms with Crippen LogP contribution in [0.2, 0.25) is 0 Å². The van der Waals surface area contributed by atoms with Crippen molar-refractivity contribution in [1.82, 2.24) is 10.2 Å². The van der Waals surface area contributed by atoms with Gasteiger partial charge in [-0.1, -0.05) is 0 Å². The lowest BCUT2D eigenvalue weighted by Gasteiger charge is -2.05. The summed E-state index contributed by atoms with van der Waals surface area (Å²) in [5.74, 6) is 0.967. The standard InChI is InChI=1S/C13H13N3O/c1-9-4-5-17-13(9)8-14-11-3-2-10-7-15-16-12(10)6-11/h2-7,14H,8H2,1H3,(H,15,16). The molecule has 4 heteroatoms. The number of nitrogens with one attached hydrogen (secondary N) is 2. The van der Waals surface area contributed by atoms with Gasteiger partial charge in [-0.3, -0.25) is 5.10 Å². The number of H-pyrrole nitrogens is 1. The van der Waals surface area contributed by atoms with Crippen LogP contribution in [0.4, 0.5) is 5.69 Å². The van der Waals surface area contributed by atoms with Crippen molar-refractivity contribution in [2.45, 2.75) is 13.5 Å². The third kappa shape index (κ3) is 1.89. The topological polar surface area (TPSA) is 53.9 Å². The molecular weight excluding hydrogens is 214 g/mol. The number of hydrogen-bond acceptors (Lipinski definition) is 3. The van der Waals surface area contributed by atoms with Crippen molar-refractivity contribution in [2.24, 2.45) is 0 Å². The van der Waals surface area contributed by atoms with Gasteiger partial charge in [-0.05, 0) is 36.8 Å². The van der Waals surface area contributed by atoms with Crippen molar-refractivity contribution >= 4 is 16.6 Å². The van der Waals surface area contributed by atoms with Gasteiger partial charge in [-0.25, -0.2) is 0 Å². The van der Waals surface area contributed by atoms with Crippen LogP contribution in [-0.4, -0.2) is 10.2 Å². The molecule has 1 aromatic carbocycles. The average molecular weight is 227 g/mol. The van der Waals surface area contributed by atoms with Crippen LogP contribution in [0.1, 0.15) is 11.3 Å². The van der Waals surface area contributed by atoms with Crippen LogP contribution in [0.5, 0.6) is 0 Å². The first-order chi connectivity index (χ1) is 8.33. The number of anilines is 1. The Labute approximate surface area is 98.6 Å². The maximum atomic E-state index is 5.38. The Kier molecular flexibility index (Phi) is 2.33. The molecule has 2 heterocycles. The highest BCUT2D eigenvalue weighted by Crippen LogP contribution is 2.18. The van der Waals surface area contributed by atoms with E-state index in [-0.39, 0.29) is 0 Å². The van der Waals surface area contributed by atoms with Crippen LogP contribution in [-0.2, 0) is 6.54 Å². The normalized spacial score (nSPS) is 10.9. The van der Waals surface area contributed by atoms with Gasteiger partial charge in [0.2, 0.25) is 0 Å². The molecule has 0 amide bonds. The van der Waals surface area contributed by atoms with Gasteiger partial charge in [-0.2, -0.15) is 5.10 Å². The van der Waals surface area contributed by atoms with Crippen molar-refractivity contribution in [3.63, 3.8) is 0 Å². The summed E-state index contributed by atoms with van der Waals surface area (Å²) in [7, 11) is 0. The maximum absolute atomic E-state index is 5.38. The molecule has 0 spiro atoms. The Balaban J connectivity index is 1.78. The second-order valence-electron chi connectivity index (χ2n) is 4.05. The molecule has 0 fully saturated rings. The predicted octanol–water partition coefficient (Wildman–Crippen LogP) is 3.08. The lowest BCUT2D eigenvalue weighted by molar-refractivity contribution is 0.515. The van der Waals surface area contributed by atoms with E-state index in [1.54, 1.807) is 6.26 Å². The summed E-state index contributed by atoms with van der Waals surface area (Å²) < 4.78 is 5.38. The molecule has 4 nitrogen and oxygen atoms in total. The summed E-state index contributed by atoms with van der Waals surface area (Å²) in [5, 5.41) is 11.4. The SMILES string of the molecule is Cc1ccoc1CNc1ccc2cn[nH]c2c1. The first-order valence-electron chi connectivity index (χ1n) is 5.53. The van der Waals surface area contributed by atoms with Crippen molar-refractivity contribution in [3.8, 4) is 0 Å². The van der Waals surface area contributed by atoms with Gasteiger partial charge in [0, 0.05) is 11.1 Å². The van der Waals surface area contributed by atoms with Crippen LogP contribution in [0.25, 0.3) is 10.9 Å². The number of aromatic nitrogens is 2. The minimum Gasteiger partial charge on any atom is -0.467 e. The monoisotopic (exact) mass is 227 g/mol. The summed E-state index contributed by atoms with van der Waals surface area (Å²) >= 11 is 0. The van der Waals surface area contributed by atoms with E-state index in [1.807, 2.05) is 37.4 Å². The number of rotatable bonds is 3. The molecule has 2 N–H and O–H groups in total. The smallest absolute Gasteiger partial charge is 0.125 e. The molecular formula is C13H13N3O. The highest BCUT2D eigenvalue weighted by molar-refractivity contribution is 5.81. The molecule has 2 aromatic heterocycles. The third-order valence-corrected chi connectivity index (χ3v) is 2.86. The molecule has 17 heavy (non-hydrogen) atoms. The fourth-order valence-electron chi connectivity index (χ4n) is 1.81. The Hall–Kier alpha value is -2.23. The van der Waals surface area contributed by atoms with E-state index in [9.17, 15) is 0 Å². The fraction of sp³-hybridized carbons (Fsp3) is 0.154. The van der Waals surface area contributed by atoms with Gasteiger partial charge in [0.25, 0.3) is 0 Å². The minimum absolute atomic E-state index is 0.693. The van der Waals surface area contributed by atoms with Gasteiger partial charge in [0.05, 0.1) is 24.5 Å². The number of nitrogens with zero attached hydrogens (tertiary/aromatic N) is 1. The van der Waals surface area contributed by atoms with Crippen molar-refractivity contribution < 1.29 is 4.42 Å². The van der Waals surface area contributed by atoms with Crippen LogP contribution < -0.4 is 5.32 Å². The second kappa shape index (κ2) is 3.97. The summed E-state index contributed by atoms with van der Waals surface area (Å²) in [6, 6.07) is 8.09. The summed E-state index contributed by atoms with van der Waals surface area (Å²) in [6.45, 7) is 2.73. The Morgan fingerprint density at radius 3 is 3.12 bits per heavy atom. The van der Waals surface area contributed by atoms with Crippen molar-refractivity contribution in [1.29, 1.82) is 0 Å². The van der Waals surface area contributed by atoms with Crippen LogP contribution in [0.3, 0.4) is 0 Å². The quantitative estimate of drug-likeness (QED) is 0.723. The minimum atomic E-state index is 0.693. The van der Waals surface area contributed by atoms with Crippen LogP contribution in [0.15, 0.2) is 41.1 Å². The lowest BCUT2D eigenvalue weighted by Crippen LogP contribution is -1.99. The molecule has 0 saturated carbocycles. The molecule has 0 saturated heterocycles. The largest absolute Gasteiger partial charge is 0.467 e. The van der Waals surface area contributed by atoms with Crippen LogP contribution >= 0.6 is 0 Å². The first kappa shape index (κ1) is 9.96. The summed E-state index contributed by atoms with van der Waals surface area (Å²) in [5.41, 5.74) is 3.25. The molecule has 0 aliphatic heterocycles. The van der Waals surface area contributed by atoms with Crippen molar-refractivity contribution in [3.05, 3.63) is 48.0 Å². The zero-order valence-corrected chi connectivity index (χ0v) is 9.53. The number of benzene rings is 1. The fourth-order valence-corrected chi connectivity index (χ4v) is 1.81. The number of fused-ring (bicyclic) bond motifs is 1. The molecule has 0 bridgehead atoms. The van der Waals surface area contributed by atoms with Crippen LogP contribution in [0, 0.1) is 6.92 Å². The molecule has 0 aliphatic rings. The molecule has 3 aromatic rings.